The third-order valence-electron chi connectivity index (χ3n) is 4.28. The van der Waals surface area contributed by atoms with Crippen molar-refractivity contribution in [3.63, 3.8) is 0 Å². The molecule has 6 heteroatoms. The minimum atomic E-state index is -0.164. The predicted molar refractivity (Wildman–Crippen MR) is 90.5 cm³/mol. The van der Waals surface area contributed by atoms with Gasteiger partial charge in [-0.15, -0.1) is 0 Å². The van der Waals surface area contributed by atoms with Gasteiger partial charge in [-0.2, -0.15) is 0 Å². The third-order valence-corrected chi connectivity index (χ3v) is 4.28. The van der Waals surface area contributed by atoms with E-state index in [0.717, 1.165) is 30.9 Å². The average molecular weight is 330 g/mol. The summed E-state index contributed by atoms with van der Waals surface area (Å²) < 4.78 is 16.0. The molecule has 1 aromatic heterocycles. The van der Waals surface area contributed by atoms with Crippen molar-refractivity contribution in [2.75, 3.05) is 33.9 Å². The molecule has 0 bridgehead atoms. The molecule has 1 atom stereocenters. The summed E-state index contributed by atoms with van der Waals surface area (Å²) in [6, 6.07) is 9.68. The van der Waals surface area contributed by atoms with Crippen LogP contribution in [-0.2, 0) is 6.54 Å². The van der Waals surface area contributed by atoms with Crippen molar-refractivity contribution in [3.05, 3.63) is 58.1 Å². The summed E-state index contributed by atoms with van der Waals surface area (Å²) in [5, 5.41) is 3.42. The molecule has 0 amide bonds. The second kappa shape index (κ2) is 7.51. The molecule has 2 heterocycles. The maximum absolute atomic E-state index is 11.9. The average Bonchev–Trinajstić information content (AvgIpc) is 2.62. The summed E-state index contributed by atoms with van der Waals surface area (Å²) in [6.45, 7) is 3.13. The van der Waals surface area contributed by atoms with Gasteiger partial charge in [0.15, 0.2) is 0 Å². The molecular weight excluding hydrogens is 308 g/mol. The van der Waals surface area contributed by atoms with Crippen molar-refractivity contribution >= 4 is 0 Å². The summed E-state index contributed by atoms with van der Waals surface area (Å²) in [7, 11) is 3.14. The first-order valence-corrected chi connectivity index (χ1v) is 7.96. The van der Waals surface area contributed by atoms with Gasteiger partial charge in [0, 0.05) is 31.3 Å². The lowest BCUT2D eigenvalue weighted by Crippen LogP contribution is -2.45. The van der Waals surface area contributed by atoms with E-state index in [-0.39, 0.29) is 17.2 Å². The molecule has 6 nitrogen and oxygen atoms in total. The number of piperazine rings is 1. The highest BCUT2D eigenvalue weighted by molar-refractivity contribution is 5.36. The highest BCUT2D eigenvalue weighted by Gasteiger charge is 2.26. The van der Waals surface area contributed by atoms with E-state index in [1.807, 2.05) is 18.2 Å². The Labute approximate surface area is 141 Å². The molecule has 0 spiro atoms. The fraction of sp³-hybridized carbons (Fsp3) is 0.389. The molecule has 1 unspecified atom stereocenters. The Morgan fingerprint density at radius 1 is 1.25 bits per heavy atom. The molecular formula is C18H22N2O4. The Balaban J connectivity index is 1.85. The molecule has 0 aliphatic carbocycles. The fourth-order valence-electron chi connectivity index (χ4n) is 3.05. The van der Waals surface area contributed by atoms with E-state index in [1.165, 1.54) is 19.4 Å². The molecule has 1 saturated heterocycles. The summed E-state index contributed by atoms with van der Waals surface area (Å²) in [5.74, 6) is 1.72. The van der Waals surface area contributed by atoms with E-state index in [9.17, 15) is 4.79 Å². The summed E-state index contributed by atoms with van der Waals surface area (Å²) in [6.07, 6.45) is 1.37. The molecule has 1 aliphatic heterocycles. The van der Waals surface area contributed by atoms with Crippen LogP contribution in [0.15, 0.2) is 45.8 Å². The zero-order valence-electron chi connectivity index (χ0n) is 14.0. The lowest BCUT2D eigenvalue weighted by Gasteiger charge is -2.36. The number of hydrogen-bond acceptors (Lipinski definition) is 6. The smallest absolute Gasteiger partial charge is 0.227 e. The highest BCUT2D eigenvalue weighted by atomic mass is 16.5. The van der Waals surface area contributed by atoms with Crippen LogP contribution in [0.25, 0.3) is 0 Å². The van der Waals surface area contributed by atoms with Gasteiger partial charge in [-0.3, -0.25) is 9.69 Å². The molecule has 2 aromatic rings. The summed E-state index contributed by atoms with van der Waals surface area (Å²) >= 11 is 0. The molecule has 1 aliphatic rings. The van der Waals surface area contributed by atoms with Gasteiger partial charge in [0.25, 0.3) is 0 Å². The number of methoxy groups -OCH3 is 2. The number of benzene rings is 1. The molecule has 0 radical (unpaired) electrons. The maximum atomic E-state index is 11.9. The quantitative estimate of drug-likeness (QED) is 0.902. The van der Waals surface area contributed by atoms with Crippen LogP contribution in [-0.4, -0.2) is 38.8 Å². The Morgan fingerprint density at radius 3 is 2.79 bits per heavy atom. The van der Waals surface area contributed by atoms with Gasteiger partial charge >= 0.3 is 0 Å². The van der Waals surface area contributed by atoms with Crippen LogP contribution in [0.5, 0.6) is 11.5 Å². The van der Waals surface area contributed by atoms with Crippen molar-refractivity contribution in [1.82, 2.24) is 10.2 Å². The number of hydrogen-bond donors (Lipinski definition) is 1. The Kier molecular flexibility index (Phi) is 5.17. The minimum absolute atomic E-state index is 0.155. The van der Waals surface area contributed by atoms with Gasteiger partial charge in [0.2, 0.25) is 11.2 Å². The number of ether oxygens (including phenoxy) is 2. The number of rotatable bonds is 5. The van der Waals surface area contributed by atoms with Crippen LogP contribution < -0.4 is 20.2 Å². The summed E-state index contributed by atoms with van der Waals surface area (Å²) in [4.78, 5) is 14.2. The van der Waals surface area contributed by atoms with Crippen molar-refractivity contribution in [1.29, 1.82) is 0 Å². The van der Waals surface area contributed by atoms with Crippen LogP contribution in [0.1, 0.15) is 17.4 Å². The van der Waals surface area contributed by atoms with Crippen LogP contribution >= 0.6 is 0 Å². The van der Waals surface area contributed by atoms with E-state index in [4.69, 9.17) is 13.9 Å². The number of nitrogens with one attached hydrogen (secondary N) is 1. The zero-order valence-corrected chi connectivity index (χ0v) is 14.0. The van der Waals surface area contributed by atoms with Crippen molar-refractivity contribution in [2.45, 2.75) is 12.6 Å². The highest BCUT2D eigenvalue weighted by Crippen LogP contribution is 2.31. The monoisotopic (exact) mass is 330 g/mol. The maximum Gasteiger partial charge on any atom is 0.227 e. The van der Waals surface area contributed by atoms with Gasteiger partial charge in [-0.1, -0.05) is 18.2 Å². The zero-order chi connectivity index (χ0) is 16.9. The molecule has 0 saturated carbocycles. The van der Waals surface area contributed by atoms with Crippen molar-refractivity contribution < 1.29 is 13.9 Å². The Hall–Kier alpha value is -2.31. The van der Waals surface area contributed by atoms with Crippen LogP contribution in [0.2, 0.25) is 0 Å². The van der Waals surface area contributed by atoms with Gasteiger partial charge in [-0.05, 0) is 6.07 Å². The Morgan fingerprint density at radius 2 is 2.04 bits per heavy atom. The largest absolute Gasteiger partial charge is 0.496 e. The van der Waals surface area contributed by atoms with Gasteiger partial charge < -0.3 is 19.2 Å². The topological polar surface area (TPSA) is 63.9 Å². The molecule has 128 valence electrons. The minimum Gasteiger partial charge on any atom is -0.496 e. The van der Waals surface area contributed by atoms with E-state index < -0.39 is 0 Å². The first-order valence-electron chi connectivity index (χ1n) is 7.96. The lowest BCUT2D eigenvalue weighted by molar-refractivity contribution is 0.139. The molecule has 3 rings (SSSR count). The standard InChI is InChI=1S/C18H22N2O4/c1-22-17-6-4-3-5-14(17)15-10-19-7-8-20(15)11-13-9-16(21)18(23-2)12-24-13/h3-6,9,12,15,19H,7-8,10-11H2,1-2H3. The van der Waals surface area contributed by atoms with Gasteiger partial charge in [0.05, 0.1) is 26.8 Å². The molecule has 24 heavy (non-hydrogen) atoms. The van der Waals surface area contributed by atoms with E-state index in [2.05, 4.69) is 16.3 Å². The SMILES string of the molecule is COc1ccccc1C1CNCCN1Cc1cc(=O)c(OC)co1. The first-order chi connectivity index (χ1) is 11.7. The van der Waals surface area contributed by atoms with E-state index >= 15 is 0 Å². The van der Waals surface area contributed by atoms with Crippen LogP contribution in [0.4, 0.5) is 0 Å². The number of nitrogens with zero attached hydrogens (tertiary/aromatic N) is 1. The molecule has 1 fully saturated rings. The van der Waals surface area contributed by atoms with Gasteiger partial charge in [-0.25, -0.2) is 0 Å². The molecule has 1 N–H and O–H groups in total. The van der Waals surface area contributed by atoms with Crippen LogP contribution in [0.3, 0.4) is 0 Å². The normalized spacial score (nSPS) is 18.3. The third kappa shape index (κ3) is 3.44. The van der Waals surface area contributed by atoms with Gasteiger partial charge in [0.1, 0.15) is 17.8 Å². The molecule has 1 aromatic carbocycles. The van der Waals surface area contributed by atoms with Crippen molar-refractivity contribution in [2.24, 2.45) is 0 Å². The van der Waals surface area contributed by atoms with Crippen LogP contribution in [0, 0.1) is 0 Å². The first kappa shape index (κ1) is 16.5. The summed E-state index contributed by atoms with van der Waals surface area (Å²) in [5.41, 5.74) is 0.964. The van der Waals surface area contributed by atoms with E-state index in [0.29, 0.717) is 12.3 Å². The number of para-hydroxylation sites is 1. The second-order valence-electron chi connectivity index (χ2n) is 5.71. The lowest BCUT2D eigenvalue weighted by atomic mass is 10.0. The predicted octanol–water partition coefficient (Wildman–Crippen LogP) is 1.80. The van der Waals surface area contributed by atoms with Crippen molar-refractivity contribution in [3.8, 4) is 11.5 Å². The second-order valence-corrected chi connectivity index (χ2v) is 5.71. The van der Waals surface area contributed by atoms with E-state index in [1.54, 1.807) is 7.11 Å². The Bertz CT molecular complexity index is 744. The fourth-order valence-corrected chi connectivity index (χ4v) is 3.05.